The molecule has 0 aliphatic heterocycles. The Balaban J connectivity index is 2.10. The molecular weight excluding hydrogens is 404 g/mol. The zero-order chi connectivity index (χ0) is 21.7. The smallest absolute Gasteiger partial charge is 0.338 e. The summed E-state index contributed by atoms with van der Waals surface area (Å²) in [5, 5.41) is 0.542. The zero-order valence-electron chi connectivity index (χ0n) is 17.5. The monoisotopic (exact) mass is 430 g/mol. The highest BCUT2D eigenvalue weighted by Gasteiger charge is 2.19. The Morgan fingerprint density at radius 1 is 1.10 bits per heavy atom. The molecular formula is C23H26O6S. The third kappa shape index (κ3) is 4.79. The Bertz CT molecular complexity index is 1100. The van der Waals surface area contributed by atoms with Crippen molar-refractivity contribution in [2.24, 2.45) is 0 Å². The SMILES string of the molecule is CCCCCCOc1cc([S+](C)[O-])cc2c(=O)c3cc(C(=O)OCC)ccc3oc12. The minimum absolute atomic E-state index is 0.244. The van der Waals surface area contributed by atoms with Crippen LogP contribution in [0, 0.1) is 0 Å². The van der Waals surface area contributed by atoms with Crippen LogP contribution in [0.3, 0.4) is 0 Å². The number of hydrogen-bond donors (Lipinski definition) is 0. The maximum Gasteiger partial charge on any atom is 0.338 e. The first-order chi connectivity index (χ1) is 14.5. The van der Waals surface area contributed by atoms with Gasteiger partial charge in [-0.25, -0.2) is 4.79 Å². The summed E-state index contributed by atoms with van der Waals surface area (Å²) in [5.74, 6) is -0.0962. The molecule has 0 fully saturated rings. The van der Waals surface area contributed by atoms with E-state index in [4.69, 9.17) is 13.9 Å². The summed E-state index contributed by atoms with van der Waals surface area (Å²) in [6, 6.07) is 7.85. The molecule has 0 saturated carbocycles. The second kappa shape index (κ2) is 10.00. The molecule has 1 aromatic heterocycles. The molecule has 0 bridgehead atoms. The number of fused-ring (bicyclic) bond motifs is 2. The van der Waals surface area contributed by atoms with E-state index in [1.54, 1.807) is 37.4 Å². The summed E-state index contributed by atoms with van der Waals surface area (Å²) < 4.78 is 29.0. The van der Waals surface area contributed by atoms with Gasteiger partial charge in [0.25, 0.3) is 0 Å². The van der Waals surface area contributed by atoms with Crippen molar-refractivity contribution in [2.45, 2.75) is 44.4 Å². The maximum atomic E-state index is 13.2. The van der Waals surface area contributed by atoms with Gasteiger partial charge in [-0.05, 0) is 42.7 Å². The molecule has 0 aliphatic carbocycles. The second-order valence-corrected chi connectivity index (χ2v) is 8.40. The lowest BCUT2D eigenvalue weighted by Gasteiger charge is -2.12. The third-order valence-corrected chi connectivity index (χ3v) is 5.71. The molecule has 3 rings (SSSR count). The minimum atomic E-state index is -1.30. The van der Waals surface area contributed by atoms with Crippen LogP contribution in [0.1, 0.15) is 49.9 Å². The number of ether oxygens (including phenoxy) is 2. The van der Waals surface area contributed by atoms with Crippen LogP contribution in [0.4, 0.5) is 0 Å². The molecule has 0 spiro atoms. The molecule has 7 heteroatoms. The van der Waals surface area contributed by atoms with Gasteiger partial charge in [0.2, 0.25) is 5.43 Å². The number of rotatable bonds is 9. The van der Waals surface area contributed by atoms with E-state index in [0.29, 0.717) is 28.4 Å². The molecule has 0 amide bonds. The van der Waals surface area contributed by atoms with Crippen LogP contribution in [-0.4, -0.2) is 30.0 Å². The second-order valence-electron chi connectivity index (χ2n) is 7.02. The Kier molecular flexibility index (Phi) is 7.39. The normalized spacial score (nSPS) is 12.3. The van der Waals surface area contributed by atoms with Gasteiger partial charge in [-0.15, -0.1) is 0 Å². The number of unbranched alkanes of at least 4 members (excludes halogenated alkanes) is 3. The van der Waals surface area contributed by atoms with Gasteiger partial charge >= 0.3 is 5.97 Å². The molecule has 30 heavy (non-hydrogen) atoms. The molecule has 0 saturated heterocycles. The van der Waals surface area contributed by atoms with E-state index < -0.39 is 17.1 Å². The van der Waals surface area contributed by atoms with Crippen LogP contribution in [0.2, 0.25) is 0 Å². The van der Waals surface area contributed by atoms with Crippen molar-refractivity contribution in [1.82, 2.24) is 0 Å². The number of carbonyl (C=O) groups excluding carboxylic acids is 1. The van der Waals surface area contributed by atoms with E-state index in [-0.39, 0.29) is 28.4 Å². The van der Waals surface area contributed by atoms with E-state index in [2.05, 4.69) is 6.92 Å². The Labute approximate surface area is 178 Å². The third-order valence-electron chi connectivity index (χ3n) is 4.81. The van der Waals surface area contributed by atoms with Gasteiger partial charge in [-0.2, -0.15) is 0 Å². The Morgan fingerprint density at radius 3 is 2.60 bits per heavy atom. The van der Waals surface area contributed by atoms with Crippen molar-refractivity contribution < 1.29 is 23.2 Å². The topological polar surface area (TPSA) is 88.8 Å². The maximum absolute atomic E-state index is 13.2. The average molecular weight is 431 g/mol. The van der Waals surface area contributed by atoms with Crippen molar-refractivity contribution in [1.29, 1.82) is 0 Å². The van der Waals surface area contributed by atoms with Gasteiger partial charge in [0.05, 0.1) is 29.5 Å². The molecule has 160 valence electrons. The first kappa shape index (κ1) is 22.2. The fourth-order valence-electron chi connectivity index (χ4n) is 3.23. The Hall–Kier alpha value is -2.51. The van der Waals surface area contributed by atoms with Crippen molar-refractivity contribution in [2.75, 3.05) is 19.5 Å². The average Bonchev–Trinajstić information content (AvgIpc) is 2.73. The summed E-state index contributed by atoms with van der Waals surface area (Å²) in [5.41, 5.74) is 0.641. The number of hydrogen-bond acceptors (Lipinski definition) is 6. The van der Waals surface area contributed by atoms with Crippen molar-refractivity contribution in [3.05, 3.63) is 46.1 Å². The van der Waals surface area contributed by atoms with Crippen molar-refractivity contribution >= 4 is 39.1 Å². The first-order valence-corrected chi connectivity index (χ1v) is 11.7. The highest BCUT2D eigenvalue weighted by atomic mass is 32.2. The predicted molar refractivity (Wildman–Crippen MR) is 118 cm³/mol. The van der Waals surface area contributed by atoms with Gasteiger partial charge in [-0.3, -0.25) is 4.79 Å². The van der Waals surface area contributed by atoms with Crippen LogP contribution in [0.25, 0.3) is 21.9 Å². The zero-order valence-corrected chi connectivity index (χ0v) is 18.3. The van der Waals surface area contributed by atoms with Gasteiger partial charge in [-0.1, -0.05) is 26.2 Å². The standard InChI is InChI=1S/C23H26O6S/c1-4-6-7-8-11-28-20-14-16(30(3)26)13-18-21(24)17-12-15(23(25)27-5-2)9-10-19(17)29-22(18)20/h9-10,12-14H,4-8,11H2,1-3H3. The summed E-state index contributed by atoms with van der Waals surface area (Å²) >= 11 is -1.30. The quantitative estimate of drug-likeness (QED) is 0.209. The lowest BCUT2D eigenvalue weighted by molar-refractivity contribution is 0.0526. The van der Waals surface area contributed by atoms with E-state index in [9.17, 15) is 14.1 Å². The molecule has 1 heterocycles. The van der Waals surface area contributed by atoms with Crippen LogP contribution >= 0.6 is 0 Å². The lowest BCUT2D eigenvalue weighted by atomic mass is 10.1. The van der Waals surface area contributed by atoms with Crippen LogP contribution in [0.15, 0.2) is 44.4 Å². The number of esters is 1. The van der Waals surface area contributed by atoms with E-state index in [1.807, 2.05) is 0 Å². The van der Waals surface area contributed by atoms with E-state index in [0.717, 1.165) is 25.7 Å². The number of benzene rings is 2. The summed E-state index contributed by atoms with van der Waals surface area (Å²) in [6.45, 7) is 4.59. The lowest BCUT2D eigenvalue weighted by Crippen LogP contribution is -2.09. The predicted octanol–water partition coefficient (Wildman–Crippen LogP) is 4.82. The molecule has 6 nitrogen and oxygen atoms in total. The summed E-state index contributed by atoms with van der Waals surface area (Å²) in [7, 11) is 0. The molecule has 0 radical (unpaired) electrons. The van der Waals surface area contributed by atoms with Crippen LogP contribution < -0.4 is 10.2 Å². The van der Waals surface area contributed by atoms with E-state index >= 15 is 0 Å². The summed E-state index contributed by atoms with van der Waals surface area (Å²) in [6.07, 6.45) is 5.74. The van der Waals surface area contributed by atoms with Gasteiger partial charge in [0.15, 0.2) is 16.2 Å². The van der Waals surface area contributed by atoms with Crippen LogP contribution in [0.5, 0.6) is 5.75 Å². The fraction of sp³-hybridized carbons (Fsp3) is 0.391. The van der Waals surface area contributed by atoms with Crippen molar-refractivity contribution in [3.63, 3.8) is 0 Å². The highest BCUT2D eigenvalue weighted by molar-refractivity contribution is 7.90. The molecule has 0 aliphatic rings. The number of carbonyl (C=O) groups is 1. The molecule has 2 aromatic carbocycles. The fourth-order valence-corrected chi connectivity index (χ4v) is 3.78. The van der Waals surface area contributed by atoms with Crippen LogP contribution in [-0.2, 0) is 15.9 Å². The summed E-state index contributed by atoms with van der Waals surface area (Å²) in [4.78, 5) is 25.7. The first-order valence-electron chi connectivity index (χ1n) is 10.1. The molecule has 1 atom stereocenters. The van der Waals surface area contributed by atoms with Gasteiger partial charge in [0, 0.05) is 12.1 Å². The van der Waals surface area contributed by atoms with Crippen molar-refractivity contribution in [3.8, 4) is 5.75 Å². The molecule has 1 unspecified atom stereocenters. The highest BCUT2D eigenvalue weighted by Crippen LogP contribution is 2.31. The van der Waals surface area contributed by atoms with Gasteiger partial charge < -0.3 is 18.4 Å². The largest absolute Gasteiger partial charge is 0.612 e. The molecule has 3 aromatic rings. The minimum Gasteiger partial charge on any atom is -0.612 e. The van der Waals surface area contributed by atoms with E-state index in [1.165, 1.54) is 6.07 Å². The molecule has 0 N–H and O–H groups in total. The Morgan fingerprint density at radius 2 is 1.90 bits per heavy atom. The van der Waals surface area contributed by atoms with Gasteiger partial charge in [0.1, 0.15) is 11.8 Å².